The summed E-state index contributed by atoms with van der Waals surface area (Å²) in [5.41, 5.74) is 1.52. The van der Waals surface area contributed by atoms with Crippen molar-refractivity contribution >= 4 is 23.0 Å². The topological polar surface area (TPSA) is 55.0 Å². The predicted octanol–water partition coefficient (Wildman–Crippen LogP) is 2.75. The van der Waals surface area contributed by atoms with Crippen molar-refractivity contribution < 1.29 is 18.9 Å². The molecule has 144 valence electrons. The lowest BCUT2D eigenvalue weighted by atomic mass is 10.1. The standard InChI is InChI=1S/C22H22N2O3S/c1-16(25)17-4-6-18(7-5-17)20-8-9-21(27-20)22(26)24-12-10-23(11-13-24)15-19-3-2-14-28-19/h2-9,14H,10-13,15H2,1H3/p+1. The predicted molar refractivity (Wildman–Crippen MR) is 109 cm³/mol. The quantitative estimate of drug-likeness (QED) is 0.676. The van der Waals surface area contributed by atoms with Crippen LogP contribution in [0, 0.1) is 0 Å². The normalized spacial score (nSPS) is 15.0. The Hall–Kier alpha value is -2.70. The fourth-order valence-corrected chi connectivity index (χ4v) is 4.27. The Labute approximate surface area is 168 Å². The van der Waals surface area contributed by atoms with Gasteiger partial charge < -0.3 is 14.2 Å². The zero-order valence-corrected chi connectivity index (χ0v) is 16.6. The molecule has 5 nitrogen and oxygen atoms in total. The summed E-state index contributed by atoms with van der Waals surface area (Å²) in [5, 5.41) is 2.11. The SMILES string of the molecule is CC(=O)c1ccc(-c2ccc(C(=O)N3CC[NH+](Cc4cccs4)CC3)o2)cc1. The van der Waals surface area contributed by atoms with Gasteiger partial charge in [-0.1, -0.05) is 30.3 Å². The summed E-state index contributed by atoms with van der Waals surface area (Å²) >= 11 is 1.79. The van der Waals surface area contributed by atoms with E-state index in [1.54, 1.807) is 36.5 Å². The van der Waals surface area contributed by atoms with E-state index in [-0.39, 0.29) is 11.7 Å². The molecule has 0 radical (unpaired) electrons. The molecule has 3 aromatic rings. The second kappa shape index (κ2) is 8.12. The maximum atomic E-state index is 12.8. The summed E-state index contributed by atoms with van der Waals surface area (Å²) in [6.07, 6.45) is 0. The minimum absolute atomic E-state index is 0.0298. The number of furan rings is 1. The lowest BCUT2D eigenvalue weighted by Gasteiger charge is -2.31. The number of carbonyl (C=O) groups is 2. The molecule has 0 spiro atoms. The largest absolute Gasteiger partial charge is 0.451 e. The first kappa shape index (κ1) is 18.7. The van der Waals surface area contributed by atoms with Crippen LogP contribution in [-0.2, 0) is 6.54 Å². The third-order valence-electron chi connectivity index (χ3n) is 5.15. The van der Waals surface area contributed by atoms with Gasteiger partial charge in [-0.15, -0.1) is 11.3 Å². The highest BCUT2D eigenvalue weighted by atomic mass is 32.1. The summed E-state index contributed by atoms with van der Waals surface area (Å²) < 4.78 is 5.82. The fourth-order valence-electron chi connectivity index (χ4n) is 3.50. The zero-order valence-electron chi connectivity index (χ0n) is 15.8. The maximum absolute atomic E-state index is 12.8. The molecule has 1 saturated heterocycles. The summed E-state index contributed by atoms with van der Waals surface area (Å²) in [6, 6.07) is 15.0. The molecule has 2 aromatic heterocycles. The number of Topliss-reactive ketones (excluding diaryl/α,β-unsaturated/α-hetero) is 1. The summed E-state index contributed by atoms with van der Waals surface area (Å²) in [6.45, 7) is 5.95. The second-order valence-corrected chi connectivity index (χ2v) is 8.13. The molecule has 0 atom stereocenters. The number of ketones is 1. The molecule has 6 heteroatoms. The van der Waals surface area contributed by atoms with Gasteiger partial charge in [0.1, 0.15) is 12.3 Å². The van der Waals surface area contributed by atoms with E-state index < -0.39 is 0 Å². The lowest BCUT2D eigenvalue weighted by Crippen LogP contribution is -3.13. The Bertz CT molecular complexity index is 952. The Morgan fingerprint density at radius 2 is 1.82 bits per heavy atom. The van der Waals surface area contributed by atoms with Crippen LogP contribution in [0.3, 0.4) is 0 Å². The lowest BCUT2D eigenvalue weighted by molar-refractivity contribution is -0.917. The molecule has 1 N–H and O–H groups in total. The number of benzene rings is 1. The third kappa shape index (κ3) is 4.08. The first-order chi connectivity index (χ1) is 13.6. The molecule has 3 heterocycles. The van der Waals surface area contributed by atoms with Crippen LogP contribution in [0.5, 0.6) is 0 Å². The number of amides is 1. The Balaban J connectivity index is 1.37. The highest BCUT2D eigenvalue weighted by molar-refractivity contribution is 7.09. The number of rotatable bonds is 5. The first-order valence-corrected chi connectivity index (χ1v) is 10.3. The summed E-state index contributed by atoms with van der Waals surface area (Å²) in [4.78, 5) is 29.0. The molecule has 1 aliphatic heterocycles. The van der Waals surface area contributed by atoms with Crippen molar-refractivity contribution in [3.8, 4) is 11.3 Å². The van der Waals surface area contributed by atoms with Crippen molar-refractivity contribution in [2.45, 2.75) is 13.5 Å². The first-order valence-electron chi connectivity index (χ1n) is 9.46. The van der Waals surface area contributed by atoms with Crippen molar-refractivity contribution in [1.29, 1.82) is 0 Å². The van der Waals surface area contributed by atoms with Gasteiger partial charge in [0.05, 0.1) is 31.1 Å². The van der Waals surface area contributed by atoms with Crippen LogP contribution in [-0.4, -0.2) is 42.8 Å². The van der Waals surface area contributed by atoms with E-state index in [9.17, 15) is 9.59 Å². The van der Waals surface area contributed by atoms with Crippen molar-refractivity contribution in [2.24, 2.45) is 0 Å². The molecule has 0 aliphatic carbocycles. The molecule has 0 bridgehead atoms. The molecule has 1 fully saturated rings. The van der Waals surface area contributed by atoms with E-state index in [0.717, 1.165) is 38.3 Å². The monoisotopic (exact) mass is 395 g/mol. The van der Waals surface area contributed by atoms with E-state index in [1.165, 1.54) is 9.78 Å². The van der Waals surface area contributed by atoms with E-state index in [1.807, 2.05) is 23.1 Å². The van der Waals surface area contributed by atoms with Crippen LogP contribution in [0.2, 0.25) is 0 Å². The maximum Gasteiger partial charge on any atom is 0.289 e. The highest BCUT2D eigenvalue weighted by Crippen LogP contribution is 2.23. The molecular weight excluding hydrogens is 372 g/mol. The molecule has 4 rings (SSSR count). The van der Waals surface area contributed by atoms with Gasteiger partial charge in [-0.2, -0.15) is 0 Å². The fraction of sp³-hybridized carbons (Fsp3) is 0.273. The van der Waals surface area contributed by atoms with Gasteiger partial charge in [-0.3, -0.25) is 9.59 Å². The molecule has 0 saturated carbocycles. The van der Waals surface area contributed by atoms with E-state index >= 15 is 0 Å². The van der Waals surface area contributed by atoms with E-state index in [4.69, 9.17) is 4.42 Å². The van der Waals surface area contributed by atoms with Crippen LogP contribution in [0.15, 0.2) is 58.3 Å². The highest BCUT2D eigenvalue weighted by Gasteiger charge is 2.26. The Morgan fingerprint density at radius 1 is 1.07 bits per heavy atom. The minimum Gasteiger partial charge on any atom is -0.451 e. The van der Waals surface area contributed by atoms with Crippen LogP contribution in [0.4, 0.5) is 0 Å². The molecule has 0 unspecified atom stereocenters. The van der Waals surface area contributed by atoms with Gasteiger partial charge in [0.25, 0.3) is 5.91 Å². The zero-order chi connectivity index (χ0) is 19.5. The Morgan fingerprint density at radius 3 is 2.46 bits per heavy atom. The van der Waals surface area contributed by atoms with Crippen LogP contribution >= 0.6 is 11.3 Å². The summed E-state index contributed by atoms with van der Waals surface area (Å²) in [5.74, 6) is 0.983. The molecule has 28 heavy (non-hydrogen) atoms. The number of carbonyl (C=O) groups excluding carboxylic acids is 2. The average Bonchev–Trinajstić information content (AvgIpc) is 3.40. The number of hydrogen-bond donors (Lipinski definition) is 1. The molecule has 1 aromatic carbocycles. The Kier molecular flexibility index (Phi) is 5.41. The van der Waals surface area contributed by atoms with Gasteiger partial charge in [0, 0.05) is 11.1 Å². The summed E-state index contributed by atoms with van der Waals surface area (Å²) in [7, 11) is 0. The van der Waals surface area contributed by atoms with Crippen LogP contribution in [0.1, 0.15) is 32.7 Å². The van der Waals surface area contributed by atoms with Crippen molar-refractivity contribution in [3.63, 3.8) is 0 Å². The number of nitrogens with one attached hydrogen (secondary N) is 1. The minimum atomic E-state index is -0.0539. The van der Waals surface area contributed by atoms with Crippen molar-refractivity contribution in [3.05, 3.63) is 70.1 Å². The van der Waals surface area contributed by atoms with Gasteiger partial charge in [-0.05, 0) is 30.5 Å². The van der Waals surface area contributed by atoms with Crippen molar-refractivity contribution in [1.82, 2.24) is 4.90 Å². The van der Waals surface area contributed by atoms with Crippen LogP contribution < -0.4 is 4.90 Å². The van der Waals surface area contributed by atoms with Gasteiger partial charge in [0.15, 0.2) is 11.5 Å². The van der Waals surface area contributed by atoms with Gasteiger partial charge >= 0.3 is 0 Å². The van der Waals surface area contributed by atoms with Gasteiger partial charge in [0.2, 0.25) is 0 Å². The number of thiophene rings is 1. The average molecular weight is 396 g/mol. The number of nitrogens with zero attached hydrogens (tertiary/aromatic N) is 1. The molecular formula is C22H23N2O3S+. The smallest absolute Gasteiger partial charge is 0.289 e. The van der Waals surface area contributed by atoms with E-state index in [2.05, 4.69) is 17.5 Å². The number of quaternary nitrogens is 1. The van der Waals surface area contributed by atoms with Crippen LogP contribution in [0.25, 0.3) is 11.3 Å². The van der Waals surface area contributed by atoms with E-state index in [0.29, 0.717) is 17.1 Å². The van der Waals surface area contributed by atoms with Crippen molar-refractivity contribution in [2.75, 3.05) is 26.2 Å². The molecule has 1 amide bonds. The number of hydrogen-bond acceptors (Lipinski definition) is 4. The number of piperazine rings is 1. The van der Waals surface area contributed by atoms with Gasteiger partial charge in [-0.25, -0.2) is 0 Å². The second-order valence-electron chi connectivity index (χ2n) is 7.10. The third-order valence-corrected chi connectivity index (χ3v) is 6.03. The molecule has 1 aliphatic rings.